The molecule has 1 N–H and O–H groups in total. The zero-order valence-corrected chi connectivity index (χ0v) is 15.7. The Hall–Kier alpha value is -1.73. The van der Waals surface area contributed by atoms with Gasteiger partial charge in [-0.25, -0.2) is 9.37 Å². The van der Waals surface area contributed by atoms with E-state index < -0.39 is 0 Å². The molecule has 1 fully saturated rings. The molecule has 7 heteroatoms. The summed E-state index contributed by atoms with van der Waals surface area (Å²) in [5.74, 6) is 0.559. The van der Waals surface area contributed by atoms with Crippen molar-refractivity contribution in [1.29, 1.82) is 0 Å². The molecule has 2 aromatic rings. The summed E-state index contributed by atoms with van der Waals surface area (Å²) in [4.78, 5) is 18.4. The van der Waals surface area contributed by atoms with Crippen LogP contribution in [0.1, 0.15) is 19.3 Å². The van der Waals surface area contributed by atoms with E-state index in [0.717, 1.165) is 37.1 Å². The summed E-state index contributed by atoms with van der Waals surface area (Å²) in [6.45, 7) is 1.93. The number of nitrogens with zero attached hydrogens (tertiary/aromatic N) is 2. The SMILES string of the molecule is COCCC(=O)N1CCC(Nc2ccc3cc(Br)c(F)cc3n2)CC1. The van der Waals surface area contributed by atoms with Crippen molar-refractivity contribution < 1.29 is 13.9 Å². The first-order chi connectivity index (χ1) is 12.1. The number of pyridine rings is 1. The molecule has 1 aliphatic heterocycles. The third-order valence-corrected chi connectivity index (χ3v) is 5.06. The van der Waals surface area contributed by atoms with Crippen LogP contribution in [0, 0.1) is 5.82 Å². The molecular formula is C18H21BrFN3O2. The van der Waals surface area contributed by atoms with Crippen LogP contribution in [0.15, 0.2) is 28.7 Å². The average molecular weight is 410 g/mol. The van der Waals surface area contributed by atoms with Crippen molar-refractivity contribution in [3.05, 3.63) is 34.6 Å². The van der Waals surface area contributed by atoms with E-state index in [0.29, 0.717) is 23.0 Å². The Bertz CT molecular complexity index is 763. The number of aromatic nitrogens is 1. The van der Waals surface area contributed by atoms with E-state index in [1.54, 1.807) is 13.2 Å². The van der Waals surface area contributed by atoms with Crippen molar-refractivity contribution >= 4 is 38.6 Å². The number of nitrogens with one attached hydrogen (secondary N) is 1. The maximum Gasteiger partial charge on any atom is 0.224 e. The van der Waals surface area contributed by atoms with Gasteiger partial charge in [-0.15, -0.1) is 0 Å². The molecule has 0 saturated carbocycles. The summed E-state index contributed by atoms with van der Waals surface area (Å²) in [5, 5.41) is 4.29. The second-order valence-corrected chi connectivity index (χ2v) is 7.05. The summed E-state index contributed by atoms with van der Waals surface area (Å²) in [6.07, 6.45) is 2.17. The number of anilines is 1. The van der Waals surface area contributed by atoms with Crippen LogP contribution < -0.4 is 5.32 Å². The molecule has 134 valence electrons. The van der Waals surface area contributed by atoms with Gasteiger partial charge in [0, 0.05) is 37.7 Å². The van der Waals surface area contributed by atoms with Crippen molar-refractivity contribution in [2.24, 2.45) is 0 Å². The van der Waals surface area contributed by atoms with E-state index in [1.165, 1.54) is 6.07 Å². The minimum Gasteiger partial charge on any atom is -0.384 e. The molecule has 0 bridgehead atoms. The van der Waals surface area contributed by atoms with E-state index in [1.807, 2.05) is 17.0 Å². The molecule has 0 aliphatic carbocycles. The van der Waals surface area contributed by atoms with Crippen LogP contribution >= 0.6 is 15.9 Å². The van der Waals surface area contributed by atoms with Gasteiger partial charge in [0.15, 0.2) is 0 Å². The molecule has 25 heavy (non-hydrogen) atoms. The van der Waals surface area contributed by atoms with Crippen molar-refractivity contribution in [2.75, 3.05) is 32.1 Å². The Morgan fingerprint density at radius 2 is 2.16 bits per heavy atom. The van der Waals surface area contributed by atoms with E-state index in [4.69, 9.17) is 4.74 Å². The maximum atomic E-state index is 13.7. The number of amides is 1. The molecule has 1 aliphatic rings. The highest BCUT2D eigenvalue weighted by molar-refractivity contribution is 9.10. The summed E-state index contributed by atoms with van der Waals surface area (Å²) < 4.78 is 19.1. The van der Waals surface area contributed by atoms with Gasteiger partial charge in [-0.1, -0.05) is 0 Å². The van der Waals surface area contributed by atoms with Gasteiger partial charge in [-0.2, -0.15) is 0 Å². The second kappa shape index (κ2) is 8.10. The Balaban J connectivity index is 1.59. The van der Waals surface area contributed by atoms with E-state index >= 15 is 0 Å². The Morgan fingerprint density at radius 3 is 2.88 bits per heavy atom. The van der Waals surface area contributed by atoms with Crippen LogP contribution in [0.25, 0.3) is 10.9 Å². The van der Waals surface area contributed by atoms with Crippen LogP contribution in [0.4, 0.5) is 10.2 Å². The molecule has 1 saturated heterocycles. The summed E-state index contributed by atoms with van der Waals surface area (Å²) in [5.41, 5.74) is 0.623. The number of carbonyl (C=O) groups excluding carboxylic acids is 1. The van der Waals surface area contributed by atoms with Crippen LogP contribution in [0.3, 0.4) is 0 Å². The highest BCUT2D eigenvalue weighted by Crippen LogP contribution is 2.24. The highest BCUT2D eigenvalue weighted by Gasteiger charge is 2.22. The number of piperidine rings is 1. The predicted octanol–water partition coefficient (Wildman–Crippen LogP) is 3.58. The van der Waals surface area contributed by atoms with Crippen molar-refractivity contribution in [2.45, 2.75) is 25.3 Å². The molecule has 5 nitrogen and oxygen atoms in total. The molecule has 0 atom stereocenters. The Labute approximate surface area is 154 Å². The summed E-state index contributed by atoms with van der Waals surface area (Å²) in [7, 11) is 1.60. The van der Waals surface area contributed by atoms with E-state index in [9.17, 15) is 9.18 Å². The Kier molecular flexibility index (Phi) is 5.86. The maximum absolute atomic E-state index is 13.7. The number of carbonyl (C=O) groups is 1. The molecule has 1 amide bonds. The van der Waals surface area contributed by atoms with Gasteiger partial charge in [0.25, 0.3) is 0 Å². The summed E-state index contributed by atoms with van der Waals surface area (Å²) >= 11 is 3.19. The van der Waals surface area contributed by atoms with Gasteiger partial charge >= 0.3 is 0 Å². The van der Waals surface area contributed by atoms with Crippen molar-refractivity contribution in [1.82, 2.24) is 9.88 Å². The first-order valence-electron chi connectivity index (χ1n) is 8.36. The molecule has 1 aromatic carbocycles. The standard InChI is InChI=1S/C18H21BrFN3O2/c1-25-9-6-18(24)23-7-4-13(5-8-23)21-17-3-2-12-10-14(19)15(20)11-16(12)22-17/h2-3,10-11,13H,4-9H2,1H3,(H,21,22). The van der Waals surface area contributed by atoms with Crippen LogP contribution in [-0.4, -0.2) is 48.6 Å². The van der Waals surface area contributed by atoms with Gasteiger partial charge < -0.3 is 15.0 Å². The molecular weight excluding hydrogens is 389 g/mol. The largest absolute Gasteiger partial charge is 0.384 e. The average Bonchev–Trinajstić information content (AvgIpc) is 2.61. The number of hydrogen-bond acceptors (Lipinski definition) is 4. The van der Waals surface area contributed by atoms with Gasteiger partial charge in [0.2, 0.25) is 5.91 Å². The normalized spacial score (nSPS) is 15.6. The minimum absolute atomic E-state index is 0.144. The fraction of sp³-hybridized carbons (Fsp3) is 0.444. The lowest BCUT2D eigenvalue weighted by atomic mass is 10.0. The Morgan fingerprint density at radius 1 is 1.40 bits per heavy atom. The van der Waals surface area contributed by atoms with Crippen molar-refractivity contribution in [3.63, 3.8) is 0 Å². The fourth-order valence-electron chi connectivity index (χ4n) is 3.03. The van der Waals surface area contributed by atoms with Gasteiger partial charge in [0.05, 0.1) is 23.0 Å². The second-order valence-electron chi connectivity index (χ2n) is 6.20. The highest BCUT2D eigenvalue weighted by atomic mass is 79.9. The first kappa shape index (κ1) is 18.1. The van der Waals surface area contributed by atoms with Crippen LogP contribution in [0.5, 0.6) is 0 Å². The quantitative estimate of drug-likeness (QED) is 0.819. The molecule has 3 rings (SSSR count). The predicted molar refractivity (Wildman–Crippen MR) is 99.1 cm³/mol. The number of benzene rings is 1. The third-order valence-electron chi connectivity index (χ3n) is 4.45. The van der Waals surface area contributed by atoms with Crippen LogP contribution in [0.2, 0.25) is 0 Å². The molecule has 0 radical (unpaired) electrons. The van der Waals surface area contributed by atoms with Crippen LogP contribution in [-0.2, 0) is 9.53 Å². The number of fused-ring (bicyclic) bond motifs is 1. The molecule has 2 heterocycles. The summed E-state index contributed by atoms with van der Waals surface area (Å²) in [6, 6.07) is 7.26. The van der Waals surface area contributed by atoms with Crippen molar-refractivity contribution in [3.8, 4) is 0 Å². The molecule has 0 spiro atoms. The van der Waals surface area contributed by atoms with E-state index in [2.05, 4.69) is 26.2 Å². The zero-order valence-electron chi connectivity index (χ0n) is 14.1. The third kappa shape index (κ3) is 4.46. The lowest BCUT2D eigenvalue weighted by molar-refractivity contribution is -0.133. The molecule has 1 aromatic heterocycles. The zero-order chi connectivity index (χ0) is 17.8. The number of likely N-dealkylation sites (tertiary alicyclic amines) is 1. The number of rotatable bonds is 5. The lowest BCUT2D eigenvalue weighted by Gasteiger charge is -2.32. The number of hydrogen-bond donors (Lipinski definition) is 1. The monoisotopic (exact) mass is 409 g/mol. The van der Waals surface area contributed by atoms with Gasteiger partial charge in [0.1, 0.15) is 11.6 Å². The number of ether oxygens (including phenoxy) is 1. The van der Waals surface area contributed by atoms with Gasteiger partial charge in [-0.05, 0) is 47.0 Å². The topological polar surface area (TPSA) is 54.5 Å². The lowest BCUT2D eigenvalue weighted by Crippen LogP contribution is -2.42. The smallest absolute Gasteiger partial charge is 0.224 e. The fourth-order valence-corrected chi connectivity index (χ4v) is 3.39. The first-order valence-corrected chi connectivity index (χ1v) is 9.15. The van der Waals surface area contributed by atoms with Gasteiger partial charge in [-0.3, -0.25) is 4.79 Å². The van der Waals surface area contributed by atoms with E-state index in [-0.39, 0.29) is 17.8 Å². The number of methoxy groups -OCH3 is 1. The minimum atomic E-state index is -0.319. The number of halogens is 2. The molecule has 0 unspecified atom stereocenters.